The summed E-state index contributed by atoms with van der Waals surface area (Å²) in [5.41, 5.74) is -0.351. The lowest BCUT2D eigenvalue weighted by Gasteiger charge is -2.30. The lowest BCUT2D eigenvalue weighted by molar-refractivity contribution is -0.138. The predicted molar refractivity (Wildman–Crippen MR) is 111 cm³/mol. The van der Waals surface area contributed by atoms with Crippen molar-refractivity contribution >= 4 is 15.9 Å². The molecule has 2 N–H and O–H groups in total. The van der Waals surface area contributed by atoms with Crippen molar-refractivity contribution < 1.29 is 30.8 Å². The topological polar surface area (TPSA) is 108 Å². The third-order valence-corrected chi connectivity index (χ3v) is 7.21. The van der Waals surface area contributed by atoms with Crippen molar-refractivity contribution in [3.63, 3.8) is 0 Å². The summed E-state index contributed by atoms with van der Waals surface area (Å²) < 4.78 is 72.2. The van der Waals surface area contributed by atoms with Gasteiger partial charge in [-0.2, -0.15) is 22.6 Å². The number of sulfonamides is 1. The highest BCUT2D eigenvalue weighted by molar-refractivity contribution is 7.89. The number of carbonyl (C=O) groups is 1. The largest absolute Gasteiger partial charge is 0.442 e. The molecule has 1 fully saturated rings. The fourth-order valence-corrected chi connectivity index (χ4v) is 5.21. The Morgan fingerprint density at radius 3 is 2.73 bits per heavy atom. The van der Waals surface area contributed by atoms with Gasteiger partial charge in [-0.15, -0.1) is 0 Å². The average molecular weight is 482 g/mol. The summed E-state index contributed by atoms with van der Waals surface area (Å²) in [6, 6.07) is 9.48. The van der Waals surface area contributed by atoms with E-state index in [2.05, 4.69) is 15.5 Å². The lowest BCUT2D eigenvalue weighted by Crippen LogP contribution is -2.45. The van der Waals surface area contributed by atoms with E-state index in [9.17, 15) is 26.4 Å². The van der Waals surface area contributed by atoms with Crippen molar-refractivity contribution in [3.05, 3.63) is 59.8 Å². The number of H-pyrrole nitrogens is 1. The van der Waals surface area contributed by atoms with Crippen LogP contribution in [0, 0.1) is 5.92 Å². The van der Waals surface area contributed by atoms with Crippen molar-refractivity contribution in [1.29, 1.82) is 0 Å². The molecule has 0 bridgehead atoms. The van der Waals surface area contributed by atoms with E-state index in [0.29, 0.717) is 24.3 Å². The first-order valence-corrected chi connectivity index (χ1v) is 11.6. The minimum Gasteiger partial charge on any atom is -0.442 e. The van der Waals surface area contributed by atoms with Crippen LogP contribution in [0.5, 0.6) is 0 Å². The van der Waals surface area contributed by atoms with Gasteiger partial charge in [-0.05, 0) is 42.7 Å². The molecular weight excluding hydrogens is 461 g/mol. The van der Waals surface area contributed by atoms with Crippen molar-refractivity contribution in [2.75, 3.05) is 13.1 Å². The Hall–Kier alpha value is -3.12. The van der Waals surface area contributed by atoms with Crippen LogP contribution in [0.1, 0.15) is 24.0 Å². The van der Waals surface area contributed by atoms with E-state index in [1.165, 1.54) is 40.8 Å². The van der Waals surface area contributed by atoms with Gasteiger partial charge in [-0.3, -0.25) is 9.89 Å². The van der Waals surface area contributed by atoms with Crippen molar-refractivity contribution in [2.45, 2.75) is 30.7 Å². The van der Waals surface area contributed by atoms with Crippen molar-refractivity contribution in [3.8, 4) is 11.5 Å². The van der Waals surface area contributed by atoms with Crippen LogP contribution in [0.3, 0.4) is 0 Å². The fourth-order valence-electron chi connectivity index (χ4n) is 3.78. The zero-order chi connectivity index (χ0) is 23.6. The molecule has 176 valence electrons. The average Bonchev–Trinajstić information content (AvgIpc) is 3.49. The maximum Gasteiger partial charge on any atom is 0.416 e. The number of aromatic nitrogens is 2. The smallest absolute Gasteiger partial charge is 0.416 e. The van der Waals surface area contributed by atoms with Gasteiger partial charge in [-0.1, -0.05) is 18.2 Å². The number of carbonyl (C=O) groups excluding carboxylic acids is 1. The highest BCUT2D eigenvalue weighted by Gasteiger charge is 2.36. The van der Waals surface area contributed by atoms with Crippen LogP contribution in [0.15, 0.2) is 58.2 Å². The number of hydrogen-bond acceptors (Lipinski definition) is 5. The number of nitrogens with zero attached hydrogens (tertiary/aromatic N) is 2. The van der Waals surface area contributed by atoms with Gasteiger partial charge in [0.25, 0.3) is 10.0 Å². The van der Waals surface area contributed by atoms with E-state index in [1.54, 1.807) is 6.07 Å². The number of alkyl halides is 3. The standard InChI is InChI=1S/C21H21F3N4O4S/c22-21(23,24)16-6-2-1-4-14(16)12-25-20(29)15-5-3-11-28(13-15)33(30,31)19-8-7-18(32-19)17-9-10-26-27-17/h1-2,4,6-10,15H,3,5,11-13H2,(H,25,29)(H,26,27)/t15-/m1/s1. The molecule has 1 aromatic carbocycles. The van der Waals surface area contributed by atoms with Crippen molar-refractivity contribution in [2.24, 2.45) is 5.92 Å². The lowest BCUT2D eigenvalue weighted by atomic mass is 9.98. The van der Waals surface area contributed by atoms with Gasteiger partial charge in [0.15, 0.2) is 5.76 Å². The zero-order valence-electron chi connectivity index (χ0n) is 17.3. The third kappa shape index (κ3) is 4.96. The number of benzene rings is 1. The normalized spacial score (nSPS) is 17.7. The van der Waals surface area contributed by atoms with Gasteiger partial charge in [0.05, 0.1) is 11.5 Å². The van der Waals surface area contributed by atoms with E-state index >= 15 is 0 Å². The molecule has 12 heteroatoms. The first-order valence-electron chi connectivity index (χ1n) is 10.2. The summed E-state index contributed by atoms with van der Waals surface area (Å²) in [5.74, 6) is -0.876. The van der Waals surface area contributed by atoms with E-state index in [0.717, 1.165) is 6.07 Å². The molecule has 1 saturated heterocycles. The maximum absolute atomic E-state index is 13.2. The van der Waals surface area contributed by atoms with E-state index < -0.39 is 33.6 Å². The molecule has 1 amide bonds. The summed E-state index contributed by atoms with van der Waals surface area (Å²) in [7, 11) is -3.99. The second-order valence-electron chi connectivity index (χ2n) is 7.66. The molecule has 1 atom stereocenters. The molecule has 0 radical (unpaired) electrons. The zero-order valence-corrected chi connectivity index (χ0v) is 18.1. The summed E-state index contributed by atoms with van der Waals surface area (Å²) in [6.07, 6.45) is -2.16. The number of furan rings is 1. The van der Waals surface area contributed by atoms with E-state index in [1.807, 2.05) is 0 Å². The van der Waals surface area contributed by atoms with Crippen LogP contribution < -0.4 is 5.32 Å². The molecule has 0 spiro atoms. The summed E-state index contributed by atoms with van der Waals surface area (Å²) in [6.45, 7) is -0.179. The number of nitrogens with one attached hydrogen (secondary N) is 2. The van der Waals surface area contributed by atoms with Crippen LogP contribution in [0.25, 0.3) is 11.5 Å². The number of hydrogen-bond donors (Lipinski definition) is 2. The minimum atomic E-state index is -4.53. The second-order valence-corrected chi connectivity index (χ2v) is 9.53. The second kappa shape index (κ2) is 9.02. The molecule has 1 aliphatic heterocycles. The van der Waals surface area contributed by atoms with Gasteiger partial charge in [0.2, 0.25) is 11.0 Å². The minimum absolute atomic E-state index is 0.0550. The summed E-state index contributed by atoms with van der Waals surface area (Å²) in [4.78, 5) is 12.7. The number of rotatable bonds is 6. The molecule has 2 aromatic heterocycles. The number of amides is 1. The molecule has 3 aromatic rings. The van der Waals surface area contributed by atoms with E-state index in [-0.39, 0.29) is 30.3 Å². The Balaban J connectivity index is 1.43. The summed E-state index contributed by atoms with van der Waals surface area (Å²) in [5, 5.41) is 8.74. The van der Waals surface area contributed by atoms with Crippen LogP contribution in [0.2, 0.25) is 0 Å². The Morgan fingerprint density at radius 2 is 2.00 bits per heavy atom. The number of halogens is 3. The highest BCUT2D eigenvalue weighted by Crippen LogP contribution is 2.32. The first-order chi connectivity index (χ1) is 15.7. The molecular formula is C21H21F3N4O4S. The molecule has 3 heterocycles. The van der Waals surface area contributed by atoms with Gasteiger partial charge in [0, 0.05) is 25.8 Å². The Kier molecular flexibility index (Phi) is 6.30. The fraction of sp³-hybridized carbons (Fsp3) is 0.333. The predicted octanol–water partition coefficient (Wildman–Crippen LogP) is 3.41. The van der Waals surface area contributed by atoms with Gasteiger partial charge < -0.3 is 9.73 Å². The Labute approximate surface area is 187 Å². The highest BCUT2D eigenvalue weighted by atomic mass is 32.2. The monoisotopic (exact) mass is 482 g/mol. The van der Waals surface area contributed by atoms with Gasteiger partial charge in [-0.25, -0.2) is 8.42 Å². The summed E-state index contributed by atoms with van der Waals surface area (Å²) >= 11 is 0. The molecule has 33 heavy (non-hydrogen) atoms. The molecule has 0 unspecified atom stereocenters. The molecule has 0 saturated carbocycles. The Morgan fingerprint density at radius 1 is 1.21 bits per heavy atom. The van der Waals surface area contributed by atoms with Crippen LogP contribution in [-0.4, -0.2) is 41.9 Å². The SMILES string of the molecule is O=C(NCc1ccccc1C(F)(F)F)[C@@H]1CCCN(S(=O)(=O)c2ccc(-c3ccn[nH]3)o2)C1. The van der Waals surface area contributed by atoms with E-state index in [4.69, 9.17) is 4.42 Å². The molecule has 1 aliphatic rings. The van der Waals surface area contributed by atoms with Crippen molar-refractivity contribution in [1.82, 2.24) is 19.8 Å². The van der Waals surface area contributed by atoms with Gasteiger partial charge >= 0.3 is 6.18 Å². The molecule has 4 rings (SSSR count). The third-order valence-electron chi connectivity index (χ3n) is 5.47. The van der Waals surface area contributed by atoms with Gasteiger partial charge in [0.1, 0.15) is 5.69 Å². The number of aromatic amines is 1. The Bertz CT molecular complexity index is 1220. The first kappa shape index (κ1) is 23.1. The molecule has 0 aliphatic carbocycles. The maximum atomic E-state index is 13.2. The number of piperidine rings is 1. The molecule has 8 nitrogen and oxygen atoms in total. The quantitative estimate of drug-likeness (QED) is 0.560. The van der Waals surface area contributed by atoms with Crippen LogP contribution >= 0.6 is 0 Å². The van der Waals surface area contributed by atoms with Crippen LogP contribution in [-0.2, 0) is 27.5 Å². The van der Waals surface area contributed by atoms with Crippen LogP contribution in [0.4, 0.5) is 13.2 Å².